The Morgan fingerprint density at radius 1 is 1.06 bits per heavy atom. The zero-order valence-corrected chi connectivity index (χ0v) is 18.8. The molecule has 0 aliphatic carbocycles. The third kappa shape index (κ3) is 3.38. The smallest absolute Gasteiger partial charge is 0.269 e. The normalized spacial score (nSPS) is 10.8. The average molecular weight is 475 g/mol. The first kappa shape index (κ1) is 20.1. The van der Waals surface area contributed by atoms with Gasteiger partial charge in [-0.15, -0.1) is 34.0 Å². The molecule has 5 aromatic rings. The molecule has 4 heterocycles. The molecule has 0 radical (unpaired) electrons. The second-order valence-electron chi connectivity index (χ2n) is 6.72. The summed E-state index contributed by atoms with van der Waals surface area (Å²) in [5.41, 5.74) is 15.4. The van der Waals surface area contributed by atoms with Crippen LogP contribution in [0.3, 0.4) is 0 Å². The van der Waals surface area contributed by atoms with Crippen molar-refractivity contribution in [3.8, 4) is 27.8 Å². The SMILES string of the molecule is N#Cc1c(N)nc2sc(C(=O)Nc3nc(-c4ccccc4)cs3)c(N)c2c1-c1cccs1. The number of nitrogens with two attached hydrogens (primary N) is 2. The number of thiazole rings is 1. The molecule has 1 amide bonds. The number of nitrogens with one attached hydrogen (secondary N) is 1. The van der Waals surface area contributed by atoms with Crippen molar-refractivity contribution >= 4 is 66.8 Å². The zero-order chi connectivity index (χ0) is 22.2. The molecule has 32 heavy (non-hydrogen) atoms. The van der Waals surface area contributed by atoms with Crippen molar-refractivity contribution in [1.29, 1.82) is 5.26 Å². The Kier molecular flexibility index (Phi) is 5.07. The van der Waals surface area contributed by atoms with Crippen LogP contribution in [0.15, 0.2) is 53.2 Å². The van der Waals surface area contributed by atoms with Gasteiger partial charge in [-0.2, -0.15) is 5.26 Å². The van der Waals surface area contributed by atoms with Crippen LogP contribution in [0.4, 0.5) is 16.6 Å². The molecule has 0 saturated heterocycles. The Hall–Kier alpha value is -3.78. The van der Waals surface area contributed by atoms with E-state index >= 15 is 0 Å². The van der Waals surface area contributed by atoms with Crippen LogP contribution >= 0.6 is 34.0 Å². The highest BCUT2D eigenvalue weighted by molar-refractivity contribution is 7.21. The standard InChI is InChI=1S/C22H14N6OS3/c23-9-12-15(14-7-4-8-30-14)16-17(24)18(32-21(16)27-19(12)25)20(29)28-22-26-13(10-31-22)11-5-2-1-3-6-11/h1-8,10H,24H2,(H2,25,27)(H,26,28,29). The Balaban J connectivity index is 1.55. The van der Waals surface area contributed by atoms with E-state index in [1.54, 1.807) is 0 Å². The molecular weight excluding hydrogens is 460 g/mol. The van der Waals surface area contributed by atoms with E-state index in [0.717, 1.165) is 27.5 Å². The number of hydrogen-bond acceptors (Lipinski definition) is 9. The number of aromatic nitrogens is 2. The summed E-state index contributed by atoms with van der Waals surface area (Å²) in [6.07, 6.45) is 0. The molecule has 10 heteroatoms. The van der Waals surface area contributed by atoms with Crippen LogP contribution in [0, 0.1) is 11.3 Å². The molecule has 156 valence electrons. The van der Waals surface area contributed by atoms with E-state index < -0.39 is 0 Å². The van der Waals surface area contributed by atoms with Crippen LogP contribution < -0.4 is 16.8 Å². The number of thiophene rings is 2. The van der Waals surface area contributed by atoms with E-state index in [4.69, 9.17) is 11.5 Å². The fourth-order valence-electron chi connectivity index (χ4n) is 3.35. The number of nitrogens with zero attached hydrogens (tertiary/aromatic N) is 3. The quantitative estimate of drug-likeness (QED) is 0.318. The fourth-order valence-corrected chi connectivity index (χ4v) is 5.85. The molecular formula is C22H14N6OS3. The summed E-state index contributed by atoms with van der Waals surface area (Å²) in [4.78, 5) is 23.5. The van der Waals surface area contributed by atoms with Crippen molar-refractivity contribution in [3.63, 3.8) is 0 Å². The Labute approximate surface area is 194 Å². The van der Waals surface area contributed by atoms with Crippen molar-refractivity contribution in [2.75, 3.05) is 16.8 Å². The lowest BCUT2D eigenvalue weighted by atomic mass is 10.0. The summed E-state index contributed by atoms with van der Waals surface area (Å²) < 4.78 is 0. The van der Waals surface area contributed by atoms with Gasteiger partial charge in [0.15, 0.2) is 5.13 Å². The summed E-state index contributed by atoms with van der Waals surface area (Å²) >= 11 is 3.94. The minimum atomic E-state index is -0.381. The van der Waals surface area contributed by atoms with Crippen LogP contribution in [0.1, 0.15) is 15.2 Å². The summed E-state index contributed by atoms with van der Waals surface area (Å²) in [5.74, 6) is -0.266. The van der Waals surface area contributed by atoms with E-state index in [1.807, 2.05) is 53.2 Å². The first-order chi connectivity index (χ1) is 15.6. The second-order valence-corrected chi connectivity index (χ2v) is 9.52. The lowest BCUT2D eigenvalue weighted by Gasteiger charge is -2.07. The summed E-state index contributed by atoms with van der Waals surface area (Å²) in [6, 6.07) is 15.6. The van der Waals surface area contributed by atoms with Gasteiger partial charge >= 0.3 is 0 Å². The molecule has 0 aliphatic rings. The number of carbonyl (C=O) groups excluding carboxylic acids is 1. The van der Waals surface area contributed by atoms with Gasteiger partial charge in [0, 0.05) is 26.8 Å². The van der Waals surface area contributed by atoms with Gasteiger partial charge in [0.25, 0.3) is 5.91 Å². The van der Waals surface area contributed by atoms with Crippen molar-refractivity contribution in [2.24, 2.45) is 0 Å². The third-order valence-electron chi connectivity index (χ3n) is 4.78. The van der Waals surface area contributed by atoms with Gasteiger partial charge < -0.3 is 11.5 Å². The number of amides is 1. The molecule has 1 aromatic carbocycles. The molecule has 5 rings (SSSR count). The minimum absolute atomic E-state index is 0.115. The van der Waals surface area contributed by atoms with Crippen molar-refractivity contribution in [2.45, 2.75) is 0 Å². The van der Waals surface area contributed by atoms with Gasteiger partial charge in [0.05, 0.1) is 11.4 Å². The van der Waals surface area contributed by atoms with E-state index in [-0.39, 0.29) is 23.0 Å². The lowest BCUT2D eigenvalue weighted by molar-refractivity contribution is 0.103. The second kappa shape index (κ2) is 8.05. The highest BCUT2D eigenvalue weighted by Gasteiger charge is 2.25. The Morgan fingerprint density at radius 2 is 1.88 bits per heavy atom. The van der Waals surface area contributed by atoms with Gasteiger partial charge in [-0.1, -0.05) is 36.4 Å². The molecule has 0 aliphatic heterocycles. The number of fused-ring (bicyclic) bond motifs is 1. The van der Waals surface area contributed by atoms with Gasteiger partial charge in [-0.3, -0.25) is 10.1 Å². The maximum Gasteiger partial charge on any atom is 0.269 e. The van der Waals surface area contributed by atoms with Gasteiger partial charge in [-0.05, 0) is 11.4 Å². The average Bonchev–Trinajstić information content (AvgIpc) is 3.54. The van der Waals surface area contributed by atoms with E-state index in [9.17, 15) is 10.1 Å². The molecule has 0 fully saturated rings. The molecule has 7 nitrogen and oxygen atoms in total. The molecule has 5 N–H and O–H groups in total. The highest BCUT2D eigenvalue weighted by Crippen LogP contribution is 2.44. The van der Waals surface area contributed by atoms with Gasteiger partial charge in [0.2, 0.25) is 0 Å². The summed E-state index contributed by atoms with van der Waals surface area (Å²) in [7, 11) is 0. The largest absolute Gasteiger partial charge is 0.397 e. The maximum absolute atomic E-state index is 13.1. The number of nitriles is 1. The van der Waals surface area contributed by atoms with E-state index in [1.165, 1.54) is 22.7 Å². The topological polar surface area (TPSA) is 131 Å². The number of anilines is 3. The predicted octanol–water partition coefficient (Wildman–Crippen LogP) is 5.44. The Morgan fingerprint density at radius 3 is 2.59 bits per heavy atom. The molecule has 0 bridgehead atoms. The number of pyridine rings is 1. The van der Waals surface area contributed by atoms with Crippen molar-refractivity contribution in [1.82, 2.24) is 9.97 Å². The number of benzene rings is 1. The maximum atomic E-state index is 13.1. The number of nitrogen functional groups attached to an aromatic ring is 2. The van der Waals surface area contributed by atoms with Crippen LogP contribution in [-0.4, -0.2) is 15.9 Å². The summed E-state index contributed by atoms with van der Waals surface area (Å²) in [6.45, 7) is 0. The molecule has 4 aromatic heterocycles. The first-order valence-electron chi connectivity index (χ1n) is 9.34. The monoisotopic (exact) mass is 474 g/mol. The summed E-state index contributed by atoms with van der Waals surface area (Å²) in [5, 5.41) is 17.3. The third-order valence-corrected chi connectivity index (χ3v) is 7.53. The zero-order valence-electron chi connectivity index (χ0n) is 16.3. The number of hydrogen-bond donors (Lipinski definition) is 3. The van der Waals surface area contributed by atoms with Crippen LogP contribution in [0.5, 0.6) is 0 Å². The molecule has 0 spiro atoms. The minimum Gasteiger partial charge on any atom is -0.397 e. The van der Waals surface area contributed by atoms with E-state index in [2.05, 4.69) is 21.4 Å². The first-order valence-corrected chi connectivity index (χ1v) is 11.9. The number of rotatable bonds is 4. The number of carbonyl (C=O) groups is 1. The van der Waals surface area contributed by atoms with Crippen LogP contribution in [0.2, 0.25) is 0 Å². The van der Waals surface area contributed by atoms with Gasteiger partial charge in [-0.25, -0.2) is 9.97 Å². The van der Waals surface area contributed by atoms with Crippen LogP contribution in [-0.2, 0) is 0 Å². The molecule has 0 atom stereocenters. The van der Waals surface area contributed by atoms with Crippen molar-refractivity contribution in [3.05, 3.63) is 63.7 Å². The Bertz CT molecular complexity index is 1500. The highest BCUT2D eigenvalue weighted by atomic mass is 32.1. The van der Waals surface area contributed by atoms with Crippen LogP contribution in [0.25, 0.3) is 31.9 Å². The lowest BCUT2D eigenvalue weighted by Crippen LogP contribution is -2.11. The van der Waals surface area contributed by atoms with E-state index in [0.29, 0.717) is 25.8 Å². The van der Waals surface area contributed by atoms with Gasteiger partial charge in [0.1, 0.15) is 27.2 Å². The molecule has 0 saturated carbocycles. The molecule has 0 unspecified atom stereocenters. The van der Waals surface area contributed by atoms with Crippen molar-refractivity contribution < 1.29 is 4.79 Å². The fraction of sp³-hybridized carbons (Fsp3) is 0. The predicted molar refractivity (Wildman–Crippen MR) is 132 cm³/mol.